The summed E-state index contributed by atoms with van der Waals surface area (Å²) in [5.74, 6) is 0.659. The van der Waals surface area contributed by atoms with E-state index in [9.17, 15) is 0 Å². The van der Waals surface area contributed by atoms with Crippen LogP contribution in [-0.4, -0.2) is 15.4 Å². The Kier molecular flexibility index (Phi) is 4.04. The van der Waals surface area contributed by atoms with E-state index in [4.69, 9.17) is 9.16 Å². The predicted octanol–water partition coefficient (Wildman–Crippen LogP) is 3.37. The number of hydrogen-bond donors (Lipinski definition) is 0. The molecule has 0 aromatic carbocycles. The Morgan fingerprint density at radius 3 is 1.85 bits per heavy atom. The van der Waals surface area contributed by atoms with Gasteiger partial charge >= 0.3 is 0 Å². The molecule has 2 nitrogen and oxygen atoms in total. The van der Waals surface area contributed by atoms with Crippen LogP contribution in [0.4, 0.5) is 0 Å². The van der Waals surface area contributed by atoms with Crippen LogP contribution in [0.25, 0.3) is 0 Å². The van der Waals surface area contributed by atoms with E-state index >= 15 is 0 Å². The molecular formula is C10H22O2Si. The summed E-state index contributed by atoms with van der Waals surface area (Å²) in [6.07, 6.45) is 2.02. The number of ether oxygens (including phenoxy) is 1. The summed E-state index contributed by atoms with van der Waals surface area (Å²) in [4.78, 5) is 0. The molecule has 0 aromatic rings. The van der Waals surface area contributed by atoms with Gasteiger partial charge in [0.05, 0.1) is 7.11 Å². The summed E-state index contributed by atoms with van der Waals surface area (Å²) in [7, 11) is 0.116. The summed E-state index contributed by atoms with van der Waals surface area (Å²) in [6.45, 7) is 12.8. The van der Waals surface area contributed by atoms with Gasteiger partial charge in [0.15, 0.2) is 0 Å². The van der Waals surface area contributed by atoms with E-state index in [1.165, 1.54) is 0 Å². The monoisotopic (exact) mass is 202 g/mol. The quantitative estimate of drug-likeness (QED) is 0.516. The molecule has 0 aromatic heterocycles. The molecule has 13 heavy (non-hydrogen) atoms. The van der Waals surface area contributed by atoms with Crippen LogP contribution >= 0.6 is 0 Å². The van der Waals surface area contributed by atoms with Gasteiger partial charge in [-0.25, -0.2) is 0 Å². The molecule has 0 fully saturated rings. The van der Waals surface area contributed by atoms with Crippen LogP contribution < -0.4 is 0 Å². The molecular weight excluding hydrogens is 180 g/mol. The number of allylic oxidation sites excluding steroid dienone is 1. The Balaban J connectivity index is 4.45. The number of hydrogen-bond acceptors (Lipinski definition) is 2. The minimum Gasteiger partial charge on any atom is -0.520 e. The second-order valence-electron chi connectivity index (χ2n) is 5.25. The SMILES string of the molecule is CO/C(=C\C(C)(C)C)O[Si](C)(C)C. The molecule has 0 amide bonds. The molecule has 0 unspecified atom stereocenters. The van der Waals surface area contributed by atoms with E-state index in [-0.39, 0.29) is 5.41 Å². The van der Waals surface area contributed by atoms with Crippen molar-refractivity contribution in [1.29, 1.82) is 0 Å². The molecule has 3 heteroatoms. The summed E-state index contributed by atoms with van der Waals surface area (Å²) in [5, 5.41) is 0. The molecule has 0 saturated heterocycles. The maximum Gasteiger partial charge on any atom is 0.261 e. The van der Waals surface area contributed by atoms with E-state index < -0.39 is 8.32 Å². The minimum atomic E-state index is -1.53. The van der Waals surface area contributed by atoms with Gasteiger partial charge in [-0.15, -0.1) is 0 Å². The molecule has 0 heterocycles. The highest BCUT2D eigenvalue weighted by molar-refractivity contribution is 6.69. The lowest BCUT2D eigenvalue weighted by molar-refractivity contribution is 0.141. The van der Waals surface area contributed by atoms with Crippen molar-refractivity contribution >= 4 is 8.32 Å². The third kappa shape index (κ3) is 7.90. The van der Waals surface area contributed by atoms with Crippen molar-refractivity contribution in [2.45, 2.75) is 40.4 Å². The number of rotatable bonds is 3. The molecule has 78 valence electrons. The number of methoxy groups -OCH3 is 1. The molecule has 0 aliphatic carbocycles. The molecule has 0 radical (unpaired) electrons. The third-order valence-corrected chi connectivity index (χ3v) is 1.97. The second kappa shape index (κ2) is 4.18. The van der Waals surface area contributed by atoms with Gasteiger partial charge in [-0.3, -0.25) is 0 Å². The van der Waals surface area contributed by atoms with Gasteiger partial charge < -0.3 is 9.16 Å². The zero-order chi connectivity index (χ0) is 10.7. The predicted molar refractivity (Wildman–Crippen MR) is 59.0 cm³/mol. The topological polar surface area (TPSA) is 18.5 Å². The Hall–Kier alpha value is -0.443. The maximum atomic E-state index is 5.74. The van der Waals surface area contributed by atoms with E-state index in [2.05, 4.69) is 40.4 Å². The fourth-order valence-electron chi connectivity index (χ4n) is 0.785. The van der Waals surface area contributed by atoms with Gasteiger partial charge in [0.1, 0.15) is 0 Å². The van der Waals surface area contributed by atoms with Crippen LogP contribution in [0.3, 0.4) is 0 Å². The normalized spacial score (nSPS) is 14.2. The van der Waals surface area contributed by atoms with Gasteiger partial charge in [0, 0.05) is 6.08 Å². The zero-order valence-electron chi connectivity index (χ0n) is 9.89. The van der Waals surface area contributed by atoms with Gasteiger partial charge in [-0.1, -0.05) is 20.8 Å². The van der Waals surface area contributed by atoms with Crippen molar-refractivity contribution in [3.05, 3.63) is 12.0 Å². The smallest absolute Gasteiger partial charge is 0.261 e. The Bertz CT molecular complexity index is 184. The summed E-state index contributed by atoms with van der Waals surface area (Å²) < 4.78 is 10.9. The lowest BCUT2D eigenvalue weighted by Gasteiger charge is -2.23. The first-order valence-corrected chi connectivity index (χ1v) is 8.01. The summed E-state index contributed by atoms with van der Waals surface area (Å²) in [6, 6.07) is 0. The van der Waals surface area contributed by atoms with Crippen LogP contribution in [0.2, 0.25) is 19.6 Å². The van der Waals surface area contributed by atoms with Gasteiger partial charge in [0.25, 0.3) is 5.95 Å². The summed E-state index contributed by atoms with van der Waals surface area (Å²) in [5.41, 5.74) is 0.102. The fraction of sp³-hybridized carbons (Fsp3) is 0.800. The fourth-order valence-corrected chi connectivity index (χ4v) is 1.53. The van der Waals surface area contributed by atoms with Crippen molar-refractivity contribution in [3.8, 4) is 0 Å². The molecule has 0 atom stereocenters. The standard InChI is InChI=1S/C10H22O2Si/c1-10(2,3)8-9(11-4)12-13(5,6)7/h8H,1-7H3/b9-8+. The van der Waals surface area contributed by atoms with E-state index in [0.717, 1.165) is 0 Å². The Morgan fingerprint density at radius 2 is 1.62 bits per heavy atom. The Morgan fingerprint density at radius 1 is 1.15 bits per heavy atom. The molecule has 0 aliphatic heterocycles. The van der Waals surface area contributed by atoms with Gasteiger partial charge in [-0.2, -0.15) is 0 Å². The first-order chi connectivity index (χ1) is 5.64. The van der Waals surface area contributed by atoms with Gasteiger partial charge in [0.2, 0.25) is 8.32 Å². The van der Waals surface area contributed by atoms with Crippen molar-refractivity contribution in [2.24, 2.45) is 5.41 Å². The lowest BCUT2D eigenvalue weighted by Crippen LogP contribution is -2.26. The summed E-state index contributed by atoms with van der Waals surface area (Å²) >= 11 is 0. The molecule has 0 bridgehead atoms. The first kappa shape index (κ1) is 12.6. The van der Waals surface area contributed by atoms with Crippen LogP contribution in [0, 0.1) is 5.41 Å². The van der Waals surface area contributed by atoms with Crippen molar-refractivity contribution in [2.75, 3.05) is 7.11 Å². The van der Waals surface area contributed by atoms with Crippen molar-refractivity contribution in [3.63, 3.8) is 0 Å². The maximum absolute atomic E-state index is 5.74. The highest BCUT2D eigenvalue weighted by Gasteiger charge is 2.19. The van der Waals surface area contributed by atoms with Crippen LogP contribution in [0.15, 0.2) is 12.0 Å². The minimum absolute atomic E-state index is 0.102. The highest BCUT2D eigenvalue weighted by atomic mass is 28.4. The average Bonchev–Trinajstić information content (AvgIpc) is 1.79. The van der Waals surface area contributed by atoms with Crippen molar-refractivity contribution < 1.29 is 9.16 Å². The second-order valence-corrected chi connectivity index (χ2v) is 9.68. The van der Waals surface area contributed by atoms with E-state index in [1.54, 1.807) is 7.11 Å². The molecule has 0 N–H and O–H groups in total. The average molecular weight is 202 g/mol. The first-order valence-electron chi connectivity index (χ1n) is 4.60. The lowest BCUT2D eigenvalue weighted by atomic mass is 9.97. The zero-order valence-corrected chi connectivity index (χ0v) is 10.9. The van der Waals surface area contributed by atoms with Crippen LogP contribution in [0.1, 0.15) is 20.8 Å². The largest absolute Gasteiger partial charge is 0.520 e. The van der Waals surface area contributed by atoms with Crippen LogP contribution in [0.5, 0.6) is 0 Å². The highest BCUT2D eigenvalue weighted by Crippen LogP contribution is 2.20. The molecule has 0 aliphatic rings. The Labute approximate surface area is 83.1 Å². The molecule has 0 rings (SSSR count). The molecule has 0 spiro atoms. The van der Waals surface area contributed by atoms with E-state index in [1.807, 2.05) is 6.08 Å². The van der Waals surface area contributed by atoms with Crippen LogP contribution in [-0.2, 0) is 9.16 Å². The van der Waals surface area contributed by atoms with Gasteiger partial charge in [-0.05, 0) is 25.1 Å². The third-order valence-electron chi connectivity index (χ3n) is 1.16. The van der Waals surface area contributed by atoms with Crippen molar-refractivity contribution in [1.82, 2.24) is 0 Å². The van der Waals surface area contributed by atoms with E-state index in [0.29, 0.717) is 5.95 Å². The molecule has 0 saturated carbocycles.